The Morgan fingerprint density at radius 1 is 1.00 bits per heavy atom. The van der Waals surface area contributed by atoms with Crippen molar-refractivity contribution >= 4 is 23.6 Å². The van der Waals surface area contributed by atoms with E-state index in [1.54, 1.807) is 65.5 Å². The van der Waals surface area contributed by atoms with Crippen LogP contribution in [-0.2, 0) is 9.53 Å². The number of anilines is 1. The molecule has 2 aromatic carbocycles. The van der Waals surface area contributed by atoms with Crippen LogP contribution in [0.15, 0.2) is 66.9 Å². The van der Waals surface area contributed by atoms with Gasteiger partial charge in [-0.15, -0.1) is 0 Å². The predicted molar refractivity (Wildman–Crippen MR) is 102 cm³/mol. The molecular formula is C20H18N4O4. The molecule has 0 aliphatic heterocycles. The highest BCUT2D eigenvalue weighted by atomic mass is 16.5. The van der Waals surface area contributed by atoms with E-state index in [1.165, 1.54) is 0 Å². The lowest BCUT2D eigenvalue weighted by Crippen LogP contribution is -2.37. The molecule has 8 heteroatoms. The first-order valence-corrected chi connectivity index (χ1v) is 8.47. The minimum atomic E-state index is -0.731. The molecule has 0 saturated carbocycles. The average molecular weight is 378 g/mol. The molecular weight excluding hydrogens is 360 g/mol. The van der Waals surface area contributed by atoms with Gasteiger partial charge in [0.15, 0.2) is 6.61 Å². The molecule has 0 radical (unpaired) electrons. The standard InChI is InChI=1S/C20H18N4O4/c1-14-11-12-21-24(14)17-9-7-15(8-10-17)19(26)28-13-18(25)23-20(27)22-16-5-3-2-4-6-16/h2-12H,13H2,1H3,(H2,22,23,25,27). The summed E-state index contributed by atoms with van der Waals surface area (Å²) in [6, 6.07) is 16.4. The first-order valence-electron chi connectivity index (χ1n) is 8.47. The third-order valence-corrected chi connectivity index (χ3v) is 3.80. The van der Waals surface area contributed by atoms with Gasteiger partial charge in [0.25, 0.3) is 5.91 Å². The molecule has 2 N–H and O–H groups in total. The van der Waals surface area contributed by atoms with Crippen LogP contribution >= 0.6 is 0 Å². The van der Waals surface area contributed by atoms with Crippen molar-refractivity contribution in [3.8, 4) is 5.69 Å². The van der Waals surface area contributed by atoms with Crippen molar-refractivity contribution in [2.45, 2.75) is 6.92 Å². The Bertz CT molecular complexity index is 981. The Balaban J connectivity index is 1.49. The second-order valence-electron chi connectivity index (χ2n) is 5.88. The van der Waals surface area contributed by atoms with Crippen molar-refractivity contribution in [3.63, 3.8) is 0 Å². The maximum Gasteiger partial charge on any atom is 0.338 e. The Morgan fingerprint density at radius 3 is 2.36 bits per heavy atom. The number of para-hydroxylation sites is 1. The van der Waals surface area contributed by atoms with Gasteiger partial charge >= 0.3 is 12.0 Å². The van der Waals surface area contributed by atoms with Crippen molar-refractivity contribution in [2.24, 2.45) is 0 Å². The van der Waals surface area contributed by atoms with Gasteiger partial charge in [-0.1, -0.05) is 18.2 Å². The van der Waals surface area contributed by atoms with Crippen LogP contribution in [-0.4, -0.2) is 34.3 Å². The molecule has 0 atom stereocenters. The number of amides is 3. The van der Waals surface area contributed by atoms with E-state index < -0.39 is 24.5 Å². The van der Waals surface area contributed by atoms with Gasteiger partial charge < -0.3 is 10.1 Å². The number of rotatable bonds is 5. The van der Waals surface area contributed by atoms with E-state index in [1.807, 2.05) is 13.0 Å². The maximum absolute atomic E-state index is 12.1. The van der Waals surface area contributed by atoms with Crippen molar-refractivity contribution in [3.05, 3.63) is 78.1 Å². The van der Waals surface area contributed by atoms with Crippen molar-refractivity contribution in [2.75, 3.05) is 11.9 Å². The number of ether oxygens (including phenoxy) is 1. The highest BCUT2D eigenvalue weighted by Crippen LogP contribution is 2.12. The summed E-state index contributed by atoms with van der Waals surface area (Å²) in [5, 5.41) is 8.78. The normalized spacial score (nSPS) is 10.2. The number of carbonyl (C=O) groups is 3. The van der Waals surface area contributed by atoms with Crippen LogP contribution in [0.1, 0.15) is 16.1 Å². The monoisotopic (exact) mass is 378 g/mol. The molecule has 1 heterocycles. The number of aromatic nitrogens is 2. The number of aryl methyl sites for hydroxylation is 1. The molecule has 3 aromatic rings. The van der Waals surface area contributed by atoms with E-state index in [0.29, 0.717) is 5.69 Å². The van der Waals surface area contributed by atoms with Gasteiger partial charge in [-0.05, 0) is 49.4 Å². The lowest BCUT2D eigenvalue weighted by Gasteiger charge is -2.08. The third kappa shape index (κ3) is 4.82. The minimum absolute atomic E-state index is 0.287. The van der Waals surface area contributed by atoms with Crippen LogP contribution in [0, 0.1) is 6.92 Å². The number of urea groups is 1. The molecule has 3 rings (SSSR count). The molecule has 1 aromatic heterocycles. The number of hydrogen-bond donors (Lipinski definition) is 2. The Morgan fingerprint density at radius 2 is 1.71 bits per heavy atom. The topological polar surface area (TPSA) is 102 Å². The van der Waals surface area contributed by atoms with Crippen molar-refractivity contribution in [1.29, 1.82) is 0 Å². The number of imide groups is 1. The average Bonchev–Trinajstić information content (AvgIpc) is 3.13. The predicted octanol–water partition coefficient (Wildman–Crippen LogP) is 2.69. The zero-order chi connectivity index (χ0) is 19.9. The lowest BCUT2D eigenvalue weighted by molar-refractivity contribution is -0.123. The number of carbonyl (C=O) groups excluding carboxylic acids is 3. The fraction of sp³-hybridized carbons (Fsp3) is 0.100. The Hall–Kier alpha value is -3.94. The van der Waals surface area contributed by atoms with E-state index in [0.717, 1.165) is 11.4 Å². The zero-order valence-electron chi connectivity index (χ0n) is 15.1. The fourth-order valence-corrected chi connectivity index (χ4v) is 2.44. The van der Waals surface area contributed by atoms with E-state index in [9.17, 15) is 14.4 Å². The largest absolute Gasteiger partial charge is 0.452 e. The van der Waals surface area contributed by atoms with Gasteiger partial charge in [-0.25, -0.2) is 14.3 Å². The van der Waals surface area contributed by atoms with E-state index >= 15 is 0 Å². The highest BCUT2D eigenvalue weighted by Gasteiger charge is 2.13. The third-order valence-electron chi connectivity index (χ3n) is 3.80. The quantitative estimate of drug-likeness (QED) is 0.665. The summed E-state index contributed by atoms with van der Waals surface area (Å²) < 4.78 is 6.67. The summed E-state index contributed by atoms with van der Waals surface area (Å²) in [5.74, 6) is -1.40. The maximum atomic E-state index is 12.1. The number of hydrogen-bond acceptors (Lipinski definition) is 5. The summed E-state index contributed by atoms with van der Waals surface area (Å²) in [5.41, 5.74) is 2.59. The van der Waals surface area contributed by atoms with Gasteiger partial charge in [0.2, 0.25) is 0 Å². The summed E-state index contributed by atoms with van der Waals surface area (Å²) >= 11 is 0. The first kappa shape index (κ1) is 18.8. The Kier molecular flexibility index (Phi) is 5.81. The van der Waals surface area contributed by atoms with Crippen LogP contribution in [0.25, 0.3) is 5.69 Å². The number of nitrogens with one attached hydrogen (secondary N) is 2. The summed E-state index contributed by atoms with van der Waals surface area (Å²) in [7, 11) is 0. The van der Waals surface area contributed by atoms with E-state index in [-0.39, 0.29) is 5.56 Å². The van der Waals surface area contributed by atoms with Crippen molar-refractivity contribution < 1.29 is 19.1 Å². The van der Waals surface area contributed by atoms with Crippen LogP contribution in [0.3, 0.4) is 0 Å². The van der Waals surface area contributed by atoms with Gasteiger partial charge in [-0.3, -0.25) is 10.1 Å². The van der Waals surface area contributed by atoms with Gasteiger partial charge in [0, 0.05) is 17.6 Å². The van der Waals surface area contributed by atoms with Gasteiger partial charge in [0.05, 0.1) is 11.3 Å². The van der Waals surface area contributed by atoms with Gasteiger partial charge in [0.1, 0.15) is 0 Å². The second-order valence-corrected chi connectivity index (χ2v) is 5.88. The Labute approximate surface area is 161 Å². The lowest BCUT2D eigenvalue weighted by atomic mass is 10.2. The molecule has 0 fully saturated rings. The molecule has 0 spiro atoms. The molecule has 28 heavy (non-hydrogen) atoms. The fourth-order valence-electron chi connectivity index (χ4n) is 2.44. The van der Waals surface area contributed by atoms with Crippen LogP contribution in [0.5, 0.6) is 0 Å². The molecule has 142 valence electrons. The van der Waals surface area contributed by atoms with Crippen LogP contribution in [0.2, 0.25) is 0 Å². The van der Waals surface area contributed by atoms with E-state index in [4.69, 9.17) is 4.74 Å². The number of nitrogens with zero attached hydrogens (tertiary/aromatic N) is 2. The molecule has 0 aliphatic rings. The molecule has 0 bridgehead atoms. The van der Waals surface area contributed by atoms with E-state index in [2.05, 4.69) is 15.7 Å². The zero-order valence-corrected chi connectivity index (χ0v) is 15.1. The molecule has 0 aliphatic carbocycles. The second kappa shape index (κ2) is 8.63. The molecule has 8 nitrogen and oxygen atoms in total. The molecule has 0 saturated heterocycles. The summed E-state index contributed by atoms with van der Waals surface area (Å²) in [4.78, 5) is 35.6. The minimum Gasteiger partial charge on any atom is -0.452 e. The highest BCUT2D eigenvalue weighted by molar-refractivity contribution is 6.02. The summed E-state index contributed by atoms with van der Waals surface area (Å²) in [6.45, 7) is 1.35. The SMILES string of the molecule is Cc1ccnn1-c1ccc(C(=O)OCC(=O)NC(=O)Nc2ccccc2)cc1. The molecule has 3 amide bonds. The smallest absolute Gasteiger partial charge is 0.338 e. The van der Waals surface area contributed by atoms with Crippen LogP contribution < -0.4 is 10.6 Å². The number of esters is 1. The van der Waals surface area contributed by atoms with Crippen LogP contribution in [0.4, 0.5) is 10.5 Å². The van der Waals surface area contributed by atoms with Crippen molar-refractivity contribution in [1.82, 2.24) is 15.1 Å². The molecule has 0 unspecified atom stereocenters. The number of benzene rings is 2. The summed E-state index contributed by atoms with van der Waals surface area (Å²) in [6.07, 6.45) is 1.68. The van der Waals surface area contributed by atoms with Gasteiger partial charge in [-0.2, -0.15) is 5.10 Å². The first-order chi connectivity index (χ1) is 13.5.